The van der Waals surface area contributed by atoms with Crippen LogP contribution in [0.1, 0.15) is 21.9 Å². The van der Waals surface area contributed by atoms with Gasteiger partial charge in [0.05, 0.1) is 21.9 Å². The Morgan fingerprint density at radius 3 is 1.10 bits per heavy atom. The number of benzene rings is 17. The molecule has 4 heterocycles. The number of hydrogen-bond donors (Lipinski definition) is 0. The molecule has 21 aromatic rings. The first kappa shape index (κ1) is 38.2. The predicted molar refractivity (Wildman–Crippen MR) is 398 cm³/mol. The third kappa shape index (κ3) is 7.85. The third-order valence-corrected chi connectivity index (χ3v) is 20.6. The van der Waals surface area contributed by atoms with Crippen LogP contribution in [0, 0.1) is 0 Å². The van der Waals surface area contributed by atoms with Gasteiger partial charge in [-0.15, -0.1) is 22.7 Å². The van der Waals surface area contributed by atoms with Gasteiger partial charge in [-0.3, -0.25) is 0 Å². The number of hydrogen-bond acceptors (Lipinski definition) is 4. The van der Waals surface area contributed by atoms with Crippen LogP contribution >= 0.6 is 22.7 Å². The number of fused-ring (bicyclic) bond motifs is 20. The van der Waals surface area contributed by atoms with E-state index in [1.807, 2.05) is 146 Å². The van der Waals surface area contributed by atoms with E-state index < -0.39 is 48.3 Å². The maximum absolute atomic E-state index is 9.38. The number of rotatable bonds is 4. The molecule has 21 rings (SSSR count). The van der Waals surface area contributed by atoms with Gasteiger partial charge < -0.3 is 8.83 Å². The van der Waals surface area contributed by atoms with Crippen LogP contribution in [0.15, 0.2) is 312 Å². The van der Waals surface area contributed by atoms with Crippen LogP contribution in [-0.2, 0) is 0 Å². The molecule has 0 atom stereocenters. The van der Waals surface area contributed by atoms with Gasteiger partial charge in [-0.05, 0) is 187 Å². The molecule has 0 aliphatic carbocycles. The van der Waals surface area contributed by atoms with Crippen molar-refractivity contribution in [2.75, 3.05) is 0 Å². The summed E-state index contributed by atoms with van der Waals surface area (Å²) in [5.41, 5.74) is 5.92. The molecule has 4 aromatic heterocycles. The molecular formula is C88H50O2S2. The van der Waals surface area contributed by atoms with Crippen molar-refractivity contribution in [2.45, 2.75) is 0 Å². The SMILES string of the molecule is [2H]c1c([2H])c([2H])c2c(-c3ccc4c(c3)sc3c5ccccc5ccc43)c3c([2H])c([2H])c([2H])c([2H])c3c(-c3ccc4c(c3)oc3ccccc34)c2c1[2H].[2H]c1c([2H])c([2H])c2c(-c3ccc4c(c3)sc3cc5ccccc5cc34)c3c([2H])c([2H])c([2H])c([2H])c3c(-c3ccc4c(c3)oc3cc5ccccc5cc34)c2c1[2H]. The Labute approximate surface area is 557 Å². The molecule has 92 heavy (non-hydrogen) atoms. The maximum Gasteiger partial charge on any atom is 0.136 e. The Morgan fingerprint density at radius 2 is 0.565 bits per heavy atom. The smallest absolute Gasteiger partial charge is 0.136 e. The van der Waals surface area contributed by atoms with Gasteiger partial charge in [-0.2, -0.15) is 0 Å². The second kappa shape index (κ2) is 20.1. The van der Waals surface area contributed by atoms with Gasteiger partial charge in [-0.25, -0.2) is 0 Å². The van der Waals surface area contributed by atoms with Crippen molar-refractivity contribution in [3.8, 4) is 44.5 Å². The Kier molecular flexibility index (Phi) is 8.33. The largest absolute Gasteiger partial charge is 0.456 e. The molecule has 0 N–H and O–H groups in total. The normalized spacial score (nSPS) is 14.6. The summed E-state index contributed by atoms with van der Waals surface area (Å²) in [6.07, 6.45) is 0. The standard InChI is InChI=1S/C46H26OS.C42H24OS/c1-3-11-29-23-42-39(21-27(29)9-1)33-19-17-31(24-41(33)47-42)45-35-13-5-7-15-37(35)46(38-16-8-6-14-36(38)45)32-18-20-34-40-22-28-10-2-4-12-30(28)25-44(40)48-43(34)26-32;1-2-10-28-25(9-1)17-22-36-31-21-19-27(24-39(31)44-42(28)36)41-34-14-5-3-12-32(34)40(33-13-4-6-15-35(33)41)26-18-20-30-29-11-7-8-16-37(29)43-38(30)23-26/h1-26H;1-24H/i5D,6D,7D,8D,13D,14D,15D,16D;3D,4D,5D,6D,12D,13D,14D,15D. The van der Waals surface area contributed by atoms with E-state index in [1.165, 1.54) is 0 Å². The fourth-order valence-electron chi connectivity index (χ4n) is 14.2. The van der Waals surface area contributed by atoms with Crippen molar-refractivity contribution in [1.82, 2.24) is 0 Å². The molecule has 17 aromatic carbocycles. The van der Waals surface area contributed by atoms with Crippen LogP contribution in [0.4, 0.5) is 0 Å². The fraction of sp³-hybridized carbons (Fsp3) is 0. The Hall–Kier alpha value is -11.4. The van der Waals surface area contributed by atoms with Crippen LogP contribution in [0.2, 0.25) is 0 Å². The van der Waals surface area contributed by atoms with Gasteiger partial charge in [0.2, 0.25) is 0 Å². The number of thiophene rings is 2. The minimum Gasteiger partial charge on any atom is -0.456 e. The fourth-order valence-corrected chi connectivity index (χ4v) is 16.6. The third-order valence-electron chi connectivity index (χ3n) is 18.3. The number of furan rings is 2. The maximum atomic E-state index is 9.38. The van der Waals surface area contributed by atoms with E-state index in [4.69, 9.17) is 19.8 Å². The molecule has 426 valence electrons. The zero-order chi connectivity index (χ0) is 74.0. The first-order valence-electron chi connectivity index (χ1n) is 38.1. The van der Waals surface area contributed by atoms with Gasteiger partial charge in [0.25, 0.3) is 0 Å². The van der Waals surface area contributed by atoms with Crippen LogP contribution in [-0.4, -0.2) is 0 Å². The van der Waals surface area contributed by atoms with Gasteiger partial charge in [-0.1, -0.05) is 236 Å². The Morgan fingerprint density at radius 1 is 0.217 bits per heavy atom. The summed E-state index contributed by atoms with van der Waals surface area (Å²) >= 11 is 3.24. The molecule has 0 aliphatic rings. The molecule has 0 unspecified atom stereocenters. The van der Waals surface area contributed by atoms with Gasteiger partial charge in [0, 0.05) is 61.9 Å². The first-order chi connectivity index (χ1) is 52.2. The summed E-state index contributed by atoms with van der Waals surface area (Å²) in [6.45, 7) is 0. The number of para-hydroxylation sites is 1. The Bertz CT molecular complexity index is 7330. The molecule has 0 saturated carbocycles. The van der Waals surface area contributed by atoms with Gasteiger partial charge >= 0.3 is 0 Å². The highest BCUT2D eigenvalue weighted by Gasteiger charge is 2.22. The van der Waals surface area contributed by atoms with Crippen LogP contribution in [0.25, 0.3) is 204 Å². The monoisotopic (exact) mass is 1220 g/mol. The average Bonchev–Trinajstić information content (AvgIpc) is 0.861. The lowest BCUT2D eigenvalue weighted by molar-refractivity contribution is 0.669. The summed E-state index contributed by atoms with van der Waals surface area (Å²) < 4.78 is 162. The van der Waals surface area contributed by atoms with Crippen molar-refractivity contribution in [1.29, 1.82) is 0 Å². The van der Waals surface area contributed by atoms with Crippen molar-refractivity contribution in [3.63, 3.8) is 0 Å². The highest BCUT2D eigenvalue weighted by Crippen LogP contribution is 2.50. The molecule has 0 aliphatic heterocycles. The molecule has 0 amide bonds. The van der Waals surface area contributed by atoms with E-state index in [1.54, 1.807) is 28.7 Å². The van der Waals surface area contributed by atoms with E-state index in [9.17, 15) is 11.0 Å². The minimum absolute atomic E-state index is 0.174. The molecular weight excluding hydrogens is 1150 g/mol. The molecule has 0 saturated heterocycles. The zero-order valence-corrected chi connectivity index (χ0v) is 49.9. The molecule has 0 radical (unpaired) electrons. The highest BCUT2D eigenvalue weighted by atomic mass is 32.1. The lowest BCUT2D eigenvalue weighted by Crippen LogP contribution is -1.90. The summed E-state index contributed by atoms with van der Waals surface area (Å²) in [7, 11) is 0. The first-order valence-corrected chi connectivity index (χ1v) is 31.7. The van der Waals surface area contributed by atoms with Gasteiger partial charge in [0.1, 0.15) is 22.3 Å². The van der Waals surface area contributed by atoms with Crippen LogP contribution in [0.3, 0.4) is 0 Å². The summed E-state index contributed by atoms with van der Waals surface area (Å²) in [4.78, 5) is 0. The molecule has 0 bridgehead atoms. The molecule has 4 heteroatoms. The zero-order valence-electron chi connectivity index (χ0n) is 64.3. The van der Waals surface area contributed by atoms with E-state index in [0.29, 0.717) is 66.8 Å². The van der Waals surface area contributed by atoms with Crippen LogP contribution < -0.4 is 0 Å². The Balaban J connectivity index is 0.000000143. The van der Waals surface area contributed by atoms with E-state index in [0.717, 1.165) is 94.2 Å². The average molecular weight is 1220 g/mol. The van der Waals surface area contributed by atoms with Crippen molar-refractivity contribution >= 4 is 182 Å². The van der Waals surface area contributed by atoms with E-state index in [-0.39, 0.29) is 91.4 Å². The summed E-state index contributed by atoms with van der Waals surface area (Å²) in [5.74, 6) is 0. The highest BCUT2D eigenvalue weighted by molar-refractivity contribution is 7.27. The van der Waals surface area contributed by atoms with E-state index in [2.05, 4.69) is 54.6 Å². The van der Waals surface area contributed by atoms with Gasteiger partial charge in [0.15, 0.2) is 0 Å². The minimum atomic E-state index is -0.432. The lowest BCUT2D eigenvalue weighted by atomic mass is 9.85. The topological polar surface area (TPSA) is 26.3 Å². The second-order valence-electron chi connectivity index (χ2n) is 23.3. The molecule has 0 fully saturated rings. The van der Waals surface area contributed by atoms with Crippen LogP contribution in [0.5, 0.6) is 0 Å². The summed E-state index contributed by atoms with van der Waals surface area (Å²) in [6, 6.07) is 61.8. The molecule has 2 nitrogen and oxygen atoms in total. The second-order valence-corrected chi connectivity index (χ2v) is 25.4. The van der Waals surface area contributed by atoms with Crippen molar-refractivity contribution in [2.24, 2.45) is 0 Å². The lowest BCUT2D eigenvalue weighted by Gasteiger charge is -2.17. The van der Waals surface area contributed by atoms with Crippen molar-refractivity contribution in [3.05, 3.63) is 303 Å². The quantitative estimate of drug-likeness (QED) is 0.164. The van der Waals surface area contributed by atoms with Crippen molar-refractivity contribution < 1.29 is 30.8 Å². The molecule has 0 spiro atoms. The predicted octanol–water partition coefficient (Wildman–Crippen LogP) is 26.6. The summed E-state index contributed by atoms with van der Waals surface area (Å²) in [5, 5.41) is 15.9. The van der Waals surface area contributed by atoms with E-state index >= 15 is 0 Å².